The average Bonchev–Trinajstić information content (AvgIpc) is 2.60. The van der Waals surface area contributed by atoms with Gasteiger partial charge in [0, 0.05) is 17.9 Å². The first kappa shape index (κ1) is 25.0. The predicted molar refractivity (Wildman–Crippen MR) is 103 cm³/mol. The summed E-state index contributed by atoms with van der Waals surface area (Å²) in [5.41, 5.74) is 10.5. The van der Waals surface area contributed by atoms with Crippen LogP contribution in [0.2, 0.25) is 0 Å². The summed E-state index contributed by atoms with van der Waals surface area (Å²) < 4.78 is 0. The number of carboxylic acids is 1. The molecule has 4 unspecified atom stereocenters. The molecule has 0 aromatic rings. The first-order valence-electron chi connectivity index (χ1n) is 7.93. The van der Waals surface area contributed by atoms with Crippen molar-refractivity contribution in [2.45, 2.75) is 43.9 Å². The number of carbonyl (C=O) groups is 5. The molecule has 0 fully saturated rings. The molecule has 0 aromatic heterocycles. The van der Waals surface area contributed by atoms with Gasteiger partial charge in [-0.3, -0.25) is 19.2 Å². The first-order chi connectivity index (χ1) is 12.5. The van der Waals surface area contributed by atoms with Crippen molar-refractivity contribution in [3.63, 3.8) is 0 Å². The Bertz CT molecular complexity index is 576. The fraction of sp³-hybridized carbons (Fsp3) is 0.643. The minimum Gasteiger partial charge on any atom is -0.480 e. The number of carboxylic acid groups (broad SMARTS) is 1. The number of primary amides is 1. The highest BCUT2D eigenvalue weighted by atomic mass is 32.1. The number of thiol groups is 2. The Kier molecular flexibility index (Phi) is 11.5. The number of hydrogen-bond donors (Lipinski definition) is 8. The van der Waals surface area contributed by atoms with E-state index < -0.39 is 53.8 Å². The van der Waals surface area contributed by atoms with Gasteiger partial charge in [0.05, 0.1) is 6.04 Å². The summed E-state index contributed by atoms with van der Waals surface area (Å²) in [5.74, 6) is -4.18. The van der Waals surface area contributed by atoms with Crippen molar-refractivity contribution in [1.82, 2.24) is 16.0 Å². The molecule has 154 valence electrons. The highest BCUT2D eigenvalue weighted by Crippen LogP contribution is 2.00. The lowest BCUT2D eigenvalue weighted by atomic mass is 10.1. The van der Waals surface area contributed by atoms with Crippen LogP contribution < -0.4 is 27.4 Å². The van der Waals surface area contributed by atoms with Crippen LogP contribution in [-0.2, 0) is 24.0 Å². The van der Waals surface area contributed by atoms with Gasteiger partial charge in [-0.1, -0.05) is 0 Å². The van der Waals surface area contributed by atoms with Gasteiger partial charge in [-0.15, -0.1) is 0 Å². The van der Waals surface area contributed by atoms with Crippen LogP contribution in [0.25, 0.3) is 0 Å². The van der Waals surface area contributed by atoms with E-state index in [4.69, 9.17) is 16.6 Å². The van der Waals surface area contributed by atoms with Gasteiger partial charge in [0.2, 0.25) is 23.6 Å². The molecule has 0 aromatic carbocycles. The number of carbonyl (C=O) groups excluding carboxylic acids is 4. The Morgan fingerprint density at radius 1 is 0.926 bits per heavy atom. The van der Waals surface area contributed by atoms with Gasteiger partial charge in [-0.25, -0.2) is 4.79 Å². The zero-order valence-electron chi connectivity index (χ0n) is 14.7. The molecule has 0 saturated heterocycles. The molecule has 0 aliphatic carbocycles. The molecule has 0 bridgehead atoms. The van der Waals surface area contributed by atoms with Gasteiger partial charge in [-0.2, -0.15) is 25.3 Å². The Morgan fingerprint density at radius 2 is 1.48 bits per heavy atom. The summed E-state index contributed by atoms with van der Waals surface area (Å²) >= 11 is 7.84. The molecule has 4 atom stereocenters. The van der Waals surface area contributed by atoms with Crippen LogP contribution in [0.1, 0.15) is 19.8 Å². The lowest BCUT2D eigenvalue weighted by molar-refractivity contribution is -0.142. The summed E-state index contributed by atoms with van der Waals surface area (Å²) in [4.78, 5) is 57.9. The van der Waals surface area contributed by atoms with E-state index in [-0.39, 0.29) is 24.3 Å². The van der Waals surface area contributed by atoms with Crippen molar-refractivity contribution in [3.8, 4) is 0 Å². The maximum atomic E-state index is 12.2. The standard InChI is InChI=1S/C14H25N5O6S2/c1-6(17-12(22)7(15)4-26)11(21)19-9(5-27)13(23)18-8(14(24)25)2-3-10(16)20/h6-9,26-27H,2-5,15H2,1H3,(H2,16,20)(H,17,22)(H,18,23)(H,19,21)(H,24,25). The Balaban J connectivity index is 4.81. The number of amides is 4. The van der Waals surface area contributed by atoms with Gasteiger partial charge >= 0.3 is 5.97 Å². The molecule has 13 heteroatoms. The molecule has 0 heterocycles. The minimum atomic E-state index is -1.35. The summed E-state index contributed by atoms with van der Waals surface area (Å²) in [6, 6.07) is -4.40. The second-order valence-electron chi connectivity index (χ2n) is 5.67. The molecule has 0 spiro atoms. The number of hydrogen-bond acceptors (Lipinski definition) is 8. The minimum absolute atomic E-state index is 0.0870. The molecule has 0 aliphatic heterocycles. The lowest BCUT2D eigenvalue weighted by Gasteiger charge is -2.22. The zero-order valence-corrected chi connectivity index (χ0v) is 16.5. The average molecular weight is 424 g/mol. The SMILES string of the molecule is CC(NC(=O)C(N)CS)C(=O)NC(CS)C(=O)NC(CCC(N)=O)C(=O)O. The third-order valence-electron chi connectivity index (χ3n) is 3.40. The van der Waals surface area contributed by atoms with Crippen molar-refractivity contribution in [3.05, 3.63) is 0 Å². The van der Waals surface area contributed by atoms with E-state index in [0.29, 0.717) is 0 Å². The zero-order chi connectivity index (χ0) is 21.1. The van der Waals surface area contributed by atoms with E-state index in [1.54, 1.807) is 0 Å². The van der Waals surface area contributed by atoms with Crippen LogP contribution in [0.15, 0.2) is 0 Å². The molecule has 11 nitrogen and oxygen atoms in total. The predicted octanol–water partition coefficient (Wildman–Crippen LogP) is -3.00. The molecule has 0 radical (unpaired) electrons. The summed E-state index contributed by atoms with van der Waals surface area (Å²) in [6.07, 6.45) is -0.429. The van der Waals surface area contributed by atoms with Crippen molar-refractivity contribution < 1.29 is 29.1 Å². The fourth-order valence-electron chi connectivity index (χ4n) is 1.78. The van der Waals surface area contributed by atoms with Crippen molar-refractivity contribution >= 4 is 54.9 Å². The summed E-state index contributed by atoms with van der Waals surface area (Å²) in [6.45, 7) is 1.39. The quantitative estimate of drug-likeness (QED) is 0.153. The Hall–Kier alpha value is -1.99. The summed E-state index contributed by atoms with van der Waals surface area (Å²) in [7, 11) is 0. The van der Waals surface area contributed by atoms with E-state index in [9.17, 15) is 24.0 Å². The summed E-state index contributed by atoms with van der Waals surface area (Å²) in [5, 5.41) is 16.0. The molecule has 27 heavy (non-hydrogen) atoms. The largest absolute Gasteiger partial charge is 0.480 e. The Labute approximate surface area is 167 Å². The molecular weight excluding hydrogens is 398 g/mol. The number of rotatable bonds is 12. The molecule has 0 rings (SSSR count). The van der Waals surface area contributed by atoms with Crippen LogP contribution in [0.3, 0.4) is 0 Å². The van der Waals surface area contributed by atoms with E-state index >= 15 is 0 Å². The maximum Gasteiger partial charge on any atom is 0.326 e. The van der Waals surface area contributed by atoms with E-state index in [1.807, 2.05) is 0 Å². The normalized spacial score (nSPS) is 15.0. The van der Waals surface area contributed by atoms with Crippen molar-refractivity contribution in [2.24, 2.45) is 11.5 Å². The highest BCUT2D eigenvalue weighted by molar-refractivity contribution is 7.80. The van der Waals surface area contributed by atoms with Crippen LogP contribution in [0.4, 0.5) is 0 Å². The van der Waals surface area contributed by atoms with Crippen LogP contribution in [-0.4, -0.2) is 70.4 Å². The third-order valence-corrected chi connectivity index (χ3v) is 4.15. The third kappa shape index (κ3) is 9.49. The molecule has 4 amide bonds. The van der Waals surface area contributed by atoms with Gasteiger partial charge in [-0.05, 0) is 13.3 Å². The maximum absolute atomic E-state index is 12.2. The van der Waals surface area contributed by atoms with Gasteiger partial charge in [0.25, 0.3) is 0 Å². The van der Waals surface area contributed by atoms with Gasteiger partial charge in [0.15, 0.2) is 0 Å². The fourth-order valence-corrected chi connectivity index (χ4v) is 2.20. The Morgan fingerprint density at radius 3 is 1.93 bits per heavy atom. The van der Waals surface area contributed by atoms with Crippen LogP contribution in [0.5, 0.6) is 0 Å². The monoisotopic (exact) mass is 423 g/mol. The molecule has 0 aliphatic rings. The lowest BCUT2D eigenvalue weighted by Crippen LogP contribution is -2.57. The van der Waals surface area contributed by atoms with Crippen molar-refractivity contribution in [2.75, 3.05) is 11.5 Å². The molecular formula is C14H25N5O6S2. The molecule has 0 saturated carbocycles. The van der Waals surface area contributed by atoms with E-state index in [0.717, 1.165) is 0 Å². The number of aliphatic carboxylic acids is 1. The van der Waals surface area contributed by atoms with E-state index in [2.05, 4.69) is 41.2 Å². The number of nitrogens with one attached hydrogen (secondary N) is 3. The second kappa shape index (κ2) is 12.4. The number of nitrogens with two attached hydrogens (primary N) is 2. The van der Waals surface area contributed by atoms with E-state index in [1.165, 1.54) is 6.92 Å². The van der Waals surface area contributed by atoms with Crippen molar-refractivity contribution in [1.29, 1.82) is 0 Å². The second-order valence-corrected chi connectivity index (χ2v) is 6.40. The topological polar surface area (TPSA) is 194 Å². The first-order valence-corrected chi connectivity index (χ1v) is 9.19. The van der Waals surface area contributed by atoms with Gasteiger partial charge < -0.3 is 32.5 Å². The molecule has 8 N–H and O–H groups in total. The smallest absolute Gasteiger partial charge is 0.326 e. The van der Waals surface area contributed by atoms with Gasteiger partial charge in [0.1, 0.15) is 18.1 Å². The van der Waals surface area contributed by atoms with Crippen LogP contribution >= 0.6 is 25.3 Å². The highest BCUT2D eigenvalue weighted by Gasteiger charge is 2.28. The van der Waals surface area contributed by atoms with Crippen LogP contribution in [0, 0.1) is 0 Å².